The van der Waals surface area contributed by atoms with Gasteiger partial charge in [-0.25, -0.2) is 0 Å². The predicted molar refractivity (Wildman–Crippen MR) is 168 cm³/mol. The molecule has 0 saturated carbocycles. The Balaban J connectivity index is 1.40. The van der Waals surface area contributed by atoms with Gasteiger partial charge >= 0.3 is 0 Å². The number of ether oxygens (including phenoxy) is 1. The molecule has 7 heteroatoms. The van der Waals surface area contributed by atoms with Crippen molar-refractivity contribution in [3.8, 4) is 5.75 Å². The summed E-state index contributed by atoms with van der Waals surface area (Å²) < 4.78 is 8.22. The van der Waals surface area contributed by atoms with Gasteiger partial charge in [0, 0.05) is 11.5 Å². The smallest absolute Gasteiger partial charge is 0.269 e. The Morgan fingerprint density at radius 3 is 2.45 bits per heavy atom. The van der Waals surface area contributed by atoms with Gasteiger partial charge in [-0.3, -0.25) is 19.0 Å². The number of aromatic nitrogens is 1. The quantitative estimate of drug-likeness (QED) is 0.322. The molecule has 42 heavy (non-hydrogen) atoms. The Morgan fingerprint density at radius 2 is 1.71 bits per heavy atom. The maximum Gasteiger partial charge on any atom is 0.269 e. The topological polar surface area (TPSA) is 77.4 Å². The van der Waals surface area contributed by atoms with Crippen molar-refractivity contribution < 1.29 is 14.3 Å². The van der Waals surface area contributed by atoms with E-state index in [0.29, 0.717) is 15.8 Å². The van der Waals surface area contributed by atoms with E-state index in [0.717, 1.165) is 41.7 Å². The summed E-state index contributed by atoms with van der Waals surface area (Å²) in [6.45, 7) is 5.82. The van der Waals surface area contributed by atoms with Crippen molar-refractivity contribution in [2.45, 2.75) is 59.2 Å². The molecule has 216 valence electrons. The van der Waals surface area contributed by atoms with Crippen molar-refractivity contribution in [2.75, 3.05) is 0 Å². The number of nitrogens with one attached hydrogen (secondary N) is 1. The summed E-state index contributed by atoms with van der Waals surface area (Å²) in [7, 11) is 0. The predicted octanol–water partition coefficient (Wildman–Crippen LogP) is 4.91. The highest BCUT2D eigenvalue weighted by molar-refractivity contribution is 7.07. The number of ketones is 1. The molecule has 0 bridgehead atoms. The number of Topliss-reactive ketones (excluding diaryl/α,β-unsaturated/α-hetero) is 1. The molecule has 1 N–H and O–H groups in total. The SMILES string of the molecule is CC(C)(C)C(=O)C=c1sc(=Cc2ccc(OCc3ccccc3)cc2)c(=O)n1CC(=O)NC1CCCc2ccccc21. The maximum absolute atomic E-state index is 13.6. The zero-order valence-corrected chi connectivity index (χ0v) is 25.1. The van der Waals surface area contributed by atoms with E-state index in [4.69, 9.17) is 4.74 Å². The molecule has 0 aliphatic heterocycles. The van der Waals surface area contributed by atoms with Crippen molar-refractivity contribution in [3.63, 3.8) is 0 Å². The first-order valence-corrected chi connectivity index (χ1v) is 15.1. The third-order valence-electron chi connectivity index (χ3n) is 7.36. The lowest BCUT2D eigenvalue weighted by Crippen LogP contribution is -2.40. The van der Waals surface area contributed by atoms with Crippen molar-refractivity contribution in [1.82, 2.24) is 9.88 Å². The lowest BCUT2D eigenvalue weighted by atomic mass is 9.88. The molecule has 0 saturated heterocycles. The van der Waals surface area contributed by atoms with E-state index in [1.165, 1.54) is 27.5 Å². The number of carbonyl (C=O) groups is 2. The molecule has 0 fully saturated rings. The van der Waals surface area contributed by atoms with Gasteiger partial charge in [0.25, 0.3) is 5.56 Å². The van der Waals surface area contributed by atoms with Crippen LogP contribution in [0.15, 0.2) is 83.7 Å². The first kappa shape index (κ1) is 29.3. The van der Waals surface area contributed by atoms with E-state index in [1.807, 2.05) is 87.5 Å². The van der Waals surface area contributed by atoms with Crippen LogP contribution < -0.4 is 24.8 Å². The minimum Gasteiger partial charge on any atom is -0.489 e. The van der Waals surface area contributed by atoms with Gasteiger partial charge in [0.2, 0.25) is 5.91 Å². The highest BCUT2D eigenvalue weighted by atomic mass is 32.1. The number of rotatable bonds is 8. The van der Waals surface area contributed by atoms with Crippen LogP contribution in [-0.2, 0) is 29.2 Å². The monoisotopic (exact) mass is 580 g/mol. The van der Waals surface area contributed by atoms with E-state index in [-0.39, 0.29) is 29.8 Å². The maximum atomic E-state index is 13.6. The summed E-state index contributed by atoms with van der Waals surface area (Å²) >= 11 is 1.22. The number of nitrogens with zero attached hydrogens (tertiary/aromatic N) is 1. The van der Waals surface area contributed by atoms with Gasteiger partial charge in [-0.15, -0.1) is 11.3 Å². The van der Waals surface area contributed by atoms with Crippen LogP contribution in [0, 0.1) is 5.41 Å². The van der Waals surface area contributed by atoms with Crippen LogP contribution in [-0.4, -0.2) is 16.3 Å². The van der Waals surface area contributed by atoms with Gasteiger partial charge in [0.1, 0.15) is 23.6 Å². The zero-order valence-electron chi connectivity index (χ0n) is 24.3. The summed E-state index contributed by atoms with van der Waals surface area (Å²) in [4.78, 5) is 39.8. The summed E-state index contributed by atoms with van der Waals surface area (Å²) in [5, 5.41) is 3.13. The fraction of sp³-hybridized carbons (Fsp3) is 0.286. The van der Waals surface area contributed by atoms with Gasteiger partial charge in [-0.05, 0) is 59.7 Å². The van der Waals surface area contributed by atoms with E-state index >= 15 is 0 Å². The molecule has 1 aromatic heterocycles. The third-order valence-corrected chi connectivity index (χ3v) is 8.42. The van der Waals surface area contributed by atoms with E-state index in [2.05, 4.69) is 17.4 Å². The molecule has 1 atom stereocenters. The Bertz CT molecular complexity index is 1750. The van der Waals surface area contributed by atoms with E-state index < -0.39 is 5.41 Å². The van der Waals surface area contributed by atoms with Crippen LogP contribution in [0.25, 0.3) is 12.2 Å². The number of benzene rings is 3. The van der Waals surface area contributed by atoms with Crippen LogP contribution in [0.4, 0.5) is 0 Å². The van der Waals surface area contributed by atoms with Crippen LogP contribution in [0.2, 0.25) is 0 Å². The number of hydrogen-bond acceptors (Lipinski definition) is 5. The first-order valence-electron chi connectivity index (χ1n) is 14.3. The molecule has 1 heterocycles. The second-order valence-electron chi connectivity index (χ2n) is 11.7. The molecule has 1 aliphatic carbocycles. The number of fused-ring (bicyclic) bond motifs is 1. The van der Waals surface area contributed by atoms with Gasteiger partial charge in [0.05, 0.1) is 10.6 Å². The van der Waals surface area contributed by atoms with E-state index in [1.54, 1.807) is 6.08 Å². The zero-order chi connectivity index (χ0) is 29.7. The standard InChI is InChI=1S/C35H36N2O4S/c1-35(2,3)31(38)21-33-37(22-32(39)36-29-15-9-13-26-12-7-8-14-28(26)29)34(40)30(42-33)20-24-16-18-27(19-17-24)41-23-25-10-5-4-6-11-25/h4-8,10-12,14,16-21,29H,9,13,15,22-23H2,1-3H3,(H,36,39). The summed E-state index contributed by atoms with van der Waals surface area (Å²) in [6, 6.07) is 25.5. The second kappa shape index (κ2) is 12.7. The molecule has 3 aromatic carbocycles. The van der Waals surface area contributed by atoms with Crippen molar-refractivity contribution >= 4 is 35.2 Å². The Hall–Kier alpha value is -4.23. The average Bonchev–Trinajstić information content (AvgIpc) is 3.25. The molecular formula is C35H36N2O4S. The number of aryl methyl sites for hydroxylation is 1. The highest BCUT2D eigenvalue weighted by Crippen LogP contribution is 2.29. The van der Waals surface area contributed by atoms with Gasteiger partial charge in [-0.1, -0.05) is 87.5 Å². The number of thiazole rings is 1. The largest absolute Gasteiger partial charge is 0.489 e. The van der Waals surface area contributed by atoms with Gasteiger partial charge in [-0.2, -0.15) is 0 Å². The molecule has 0 radical (unpaired) electrons. The van der Waals surface area contributed by atoms with Crippen LogP contribution >= 0.6 is 11.3 Å². The number of carbonyl (C=O) groups excluding carboxylic acids is 2. The molecule has 1 amide bonds. The van der Waals surface area contributed by atoms with Crippen LogP contribution in [0.3, 0.4) is 0 Å². The Kier molecular flexibility index (Phi) is 8.88. The molecule has 1 unspecified atom stereocenters. The lowest BCUT2D eigenvalue weighted by molar-refractivity contribution is -0.123. The molecule has 0 spiro atoms. The van der Waals surface area contributed by atoms with Crippen molar-refractivity contribution in [2.24, 2.45) is 5.41 Å². The second-order valence-corrected chi connectivity index (χ2v) is 12.7. The number of amides is 1. The minimum absolute atomic E-state index is 0.0888. The lowest BCUT2D eigenvalue weighted by Gasteiger charge is -2.26. The summed E-state index contributed by atoms with van der Waals surface area (Å²) in [5.74, 6) is 0.372. The van der Waals surface area contributed by atoms with Crippen molar-refractivity contribution in [1.29, 1.82) is 0 Å². The highest BCUT2D eigenvalue weighted by Gasteiger charge is 2.23. The Labute approximate surface area is 250 Å². The Morgan fingerprint density at radius 1 is 1.00 bits per heavy atom. The van der Waals surface area contributed by atoms with Crippen molar-refractivity contribution in [3.05, 3.63) is 121 Å². The van der Waals surface area contributed by atoms with Gasteiger partial charge < -0.3 is 10.1 Å². The van der Waals surface area contributed by atoms with Crippen LogP contribution in [0.1, 0.15) is 61.9 Å². The molecule has 1 aliphatic rings. The average molecular weight is 581 g/mol. The normalized spacial score (nSPS) is 15.7. The summed E-state index contributed by atoms with van der Waals surface area (Å²) in [6.07, 6.45) is 6.13. The summed E-state index contributed by atoms with van der Waals surface area (Å²) in [5.41, 5.74) is 3.38. The molecule has 4 aromatic rings. The van der Waals surface area contributed by atoms with Gasteiger partial charge in [0.15, 0.2) is 5.78 Å². The fourth-order valence-electron chi connectivity index (χ4n) is 4.96. The molecule has 6 nitrogen and oxygen atoms in total. The van der Waals surface area contributed by atoms with Crippen LogP contribution in [0.5, 0.6) is 5.75 Å². The minimum atomic E-state index is -0.613. The third kappa shape index (κ3) is 7.15. The fourth-order valence-corrected chi connectivity index (χ4v) is 6.00. The molecular weight excluding hydrogens is 544 g/mol. The molecule has 5 rings (SSSR count). The first-order chi connectivity index (χ1) is 20.2. The van der Waals surface area contributed by atoms with E-state index in [9.17, 15) is 14.4 Å². The number of hydrogen-bond donors (Lipinski definition) is 1.